The van der Waals surface area contributed by atoms with Gasteiger partial charge in [0.1, 0.15) is 12.3 Å². The minimum Gasteiger partial charge on any atom is -0.467 e. The Morgan fingerprint density at radius 1 is 1.07 bits per heavy atom. The SMILES string of the molecule is Cc1ccc(N(Cc2ccco2)C(=O)Cn2cnc3ccccc32)cc1C. The first-order valence-electron chi connectivity index (χ1n) is 8.92. The van der Waals surface area contributed by atoms with Crippen molar-refractivity contribution in [1.29, 1.82) is 0 Å². The van der Waals surface area contributed by atoms with Crippen molar-refractivity contribution in [2.75, 3.05) is 4.90 Å². The van der Waals surface area contributed by atoms with E-state index < -0.39 is 0 Å². The highest BCUT2D eigenvalue weighted by atomic mass is 16.3. The highest BCUT2D eigenvalue weighted by molar-refractivity contribution is 5.94. The Morgan fingerprint density at radius 3 is 2.70 bits per heavy atom. The molecule has 0 N–H and O–H groups in total. The smallest absolute Gasteiger partial charge is 0.247 e. The van der Waals surface area contributed by atoms with E-state index in [1.807, 2.05) is 59.2 Å². The molecule has 2 aromatic carbocycles. The van der Waals surface area contributed by atoms with Gasteiger partial charge < -0.3 is 13.9 Å². The Kier molecular flexibility index (Phi) is 4.50. The summed E-state index contributed by atoms with van der Waals surface area (Å²) in [7, 11) is 0. The van der Waals surface area contributed by atoms with Crippen molar-refractivity contribution in [1.82, 2.24) is 9.55 Å². The first-order valence-corrected chi connectivity index (χ1v) is 8.92. The topological polar surface area (TPSA) is 51.3 Å². The molecule has 2 aromatic heterocycles. The summed E-state index contributed by atoms with van der Waals surface area (Å²) in [5.74, 6) is 0.731. The van der Waals surface area contributed by atoms with E-state index in [0.717, 1.165) is 28.0 Å². The zero-order chi connectivity index (χ0) is 18.8. The van der Waals surface area contributed by atoms with Crippen molar-refractivity contribution in [3.05, 3.63) is 84.1 Å². The number of rotatable bonds is 5. The Hall–Kier alpha value is -3.34. The molecule has 0 saturated heterocycles. The van der Waals surface area contributed by atoms with Crippen molar-refractivity contribution < 1.29 is 9.21 Å². The van der Waals surface area contributed by atoms with E-state index in [-0.39, 0.29) is 12.5 Å². The summed E-state index contributed by atoms with van der Waals surface area (Å²) in [5, 5.41) is 0. The van der Waals surface area contributed by atoms with Crippen LogP contribution in [0.2, 0.25) is 0 Å². The van der Waals surface area contributed by atoms with Gasteiger partial charge in [-0.05, 0) is 61.4 Å². The maximum Gasteiger partial charge on any atom is 0.247 e. The monoisotopic (exact) mass is 359 g/mol. The molecule has 5 heteroatoms. The van der Waals surface area contributed by atoms with Gasteiger partial charge in [-0.15, -0.1) is 0 Å². The van der Waals surface area contributed by atoms with Crippen LogP contribution in [0.4, 0.5) is 5.69 Å². The summed E-state index contributed by atoms with van der Waals surface area (Å²) in [5.41, 5.74) is 5.05. The van der Waals surface area contributed by atoms with E-state index in [1.54, 1.807) is 17.5 Å². The van der Waals surface area contributed by atoms with E-state index in [1.165, 1.54) is 5.56 Å². The minimum absolute atomic E-state index is 0.0159. The van der Waals surface area contributed by atoms with Gasteiger partial charge in [0, 0.05) is 5.69 Å². The van der Waals surface area contributed by atoms with Gasteiger partial charge >= 0.3 is 0 Å². The van der Waals surface area contributed by atoms with E-state index >= 15 is 0 Å². The lowest BCUT2D eigenvalue weighted by Crippen LogP contribution is -2.33. The van der Waals surface area contributed by atoms with E-state index in [9.17, 15) is 4.79 Å². The summed E-state index contributed by atoms with van der Waals surface area (Å²) in [6.45, 7) is 4.72. The van der Waals surface area contributed by atoms with Crippen LogP contribution in [0.25, 0.3) is 11.0 Å². The van der Waals surface area contributed by atoms with Crippen molar-refractivity contribution in [3.63, 3.8) is 0 Å². The molecule has 0 bridgehead atoms. The lowest BCUT2D eigenvalue weighted by Gasteiger charge is -2.23. The molecule has 136 valence electrons. The fourth-order valence-corrected chi connectivity index (χ4v) is 3.14. The van der Waals surface area contributed by atoms with Crippen LogP contribution < -0.4 is 4.90 Å². The molecule has 0 aliphatic carbocycles. The van der Waals surface area contributed by atoms with Gasteiger partial charge in [-0.1, -0.05) is 18.2 Å². The number of para-hydroxylation sites is 2. The van der Waals surface area contributed by atoms with Crippen LogP contribution in [0.3, 0.4) is 0 Å². The third kappa shape index (κ3) is 3.49. The fraction of sp³-hybridized carbons (Fsp3) is 0.182. The number of furan rings is 1. The number of hydrogen-bond acceptors (Lipinski definition) is 3. The quantitative estimate of drug-likeness (QED) is 0.528. The number of anilines is 1. The first kappa shape index (κ1) is 17.1. The largest absolute Gasteiger partial charge is 0.467 e. The highest BCUT2D eigenvalue weighted by Crippen LogP contribution is 2.22. The van der Waals surface area contributed by atoms with Crippen molar-refractivity contribution in [3.8, 4) is 0 Å². The number of fused-ring (bicyclic) bond motifs is 1. The number of amides is 1. The summed E-state index contributed by atoms with van der Waals surface area (Å²) < 4.78 is 7.36. The van der Waals surface area contributed by atoms with Crippen LogP contribution in [0.15, 0.2) is 71.6 Å². The standard InChI is InChI=1S/C22H21N3O2/c1-16-9-10-18(12-17(16)2)25(13-19-6-5-11-27-19)22(26)14-24-15-23-20-7-3-4-8-21(20)24/h3-12,15H,13-14H2,1-2H3. The Bertz CT molecular complexity index is 1080. The first-order chi connectivity index (χ1) is 13.1. The maximum atomic E-state index is 13.2. The van der Waals surface area contributed by atoms with E-state index in [4.69, 9.17) is 4.42 Å². The Morgan fingerprint density at radius 2 is 1.93 bits per heavy atom. The predicted molar refractivity (Wildman–Crippen MR) is 106 cm³/mol. The Labute approximate surface area is 157 Å². The van der Waals surface area contributed by atoms with Crippen molar-refractivity contribution in [2.24, 2.45) is 0 Å². The van der Waals surface area contributed by atoms with Gasteiger partial charge in [0.15, 0.2) is 0 Å². The summed E-state index contributed by atoms with van der Waals surface area (Å²) >= 11 is 0. The van der Waals surface area contributed by atoms with Gasteiger partial charge in [0.05, 0.1) is 30.2 Å². The maximum absolute atomic E-state index is 13.2. The lowest BCUT2D eigenvalue weighted by molar-refractivity contribution is -0.119. The van der Waals surface area contributed by atoms with Crippen LogP contribution in [0, 0.1) is 13.8 Å². The average molecular weight is 359 g/mol. The molecule has 2 heterocycles. The van der Waals surface area contributed by atoms with Crippen LogP contribution in [-0.4, -0.2) is 15.5 Å². The van der Waals surface area contributed by atoms with E-state index in [2.05, 4.69) is 18.8 Å². The molecule has 0 atom stereocenters. The zero-order valence-electron chi connectivity index (χ0n) is 15.4. The second-order valence-electron chi connectivity index (χ2n) is 6.69. The van der Waals surface area contributed by atoms with Gasteiger partial charge in [-0.3, -0.25) is 4.79 Å². The third-order valence-electron chi connectivity index (χ3n) is 4.83. The third-order valence-corrected chi connectivity index (χ3v) is 4.83. The zero-order valence-corrected chi connectivity index (χ0v) is 15.4. The molecule has 0 aliphatic heterocycles. The minimum atomic E-state index is -0.0159. The Balaban J connectivity index is 1.66. The van der Waals surface area contributed by atoms with Gasteiger partial charge in [0.25, 0.3) is 0 Å². The molecule has 4 rings (SSSR count). The molecule has 0 spiro atoms. The van der Waals surface area contributed by atoms with Crippen molar-refractivity contribution >= 4 is 22.6 Å². The fourth-order valence-electron chi connectivity index (χ4n) is 3.14. The molecule has 0 aliphatic rings. The normalized spacial score (nSPS) is 11.0. The van der Waals surface area contributed by atoms with E-state index in [0.29, 0.717) is 6.54 Å². The van der Waals surface area contributed by atoms with Gasteiger partial charge in [-0.25, -0.2) is 4.98 Å². The molecule has 0 unspecified atom stereocenters. The molecule has 4 aromatic rings. The van der Waals surface area contributed by atoms with Crippen molar-refractivity contribution in [2.45, 2.75) is 26.9 Å². The summed E-state index contributed by atoms with van der Waals surface area (Å²) in [6, 6.07) is 17.6. The molecule has 27 heavy (non-hydrogen) atoms. The second-order valence-corrected chi connectivity index (χ2v) is 6.69. The van der Waals surface area contributed by atoms with Crippen LogP contribution in [0.1, 0.15) is 16.9 Å². The summed E-state index contributed by atoms with van der Waals surface area (Å²) in [4.78, 5) is 19.4. The van der Waals surface area contributed by atoms with Gasteiger partial charge in [0.2, 0.25) is 5.91 Å². The summed E-state index contributed by atoms with van der Waals surface area (Å²) in [6.07, 6.45) is 3.34. The molecule has 0 fully saturated rings. The second kappa shape index (κ2) is 7.11. The number of aromatic nitrogens is 2. The number of carbonyl (C=O) groups excluding carboxylic acids is 1. The molecule has 0 saturated carbocycles. The molecule has 1 amide bonds. The lowest BCUT2D eigenvalue weighted by atomic mass is 10.1. The molecular formula is C22H21N3O2. The molecule has 0 radical (unpaired) electrons. The number of nitrogens with zero attached hydrogens (tertiary/aromatic N) is 3. The van der Waals surface area contributed by atoms with Crippen LogP contribution >= 0.6 is 0 Å². The average Bonchev–Trinajstić information content (AvgIpc) is 3.32. The highest BCUT2D eigenvalue weighted by Gasteiger charge is 2.19. The predicted octanol–water partition coefficient (Wildman–Crippen LogP) is 4.48. The number of hydrogen-bond donors (Lipinski definition) is 0. The number of aryl methyl sites for hydroxylation is 2. The number of benzene rings is 2. The number of carbonyl (C=O) groups is 1. The molecule has 5 nitrogen and oxygen atoms in total. The van der Waals surface area contributed by atoms with Crippen LogP contribution in [-0.2, 0) is 17.9 Å². The molecular weight excluding hydrogens is 338 g/mol. The van der Waals surface area contributed by atoms with Crippen LogP contribution in [0.5, 0.6) is 0 Å². The van der Waals surface area contributed by atoms with Gasteiger partial charge in [-0.2, -0.15) is 0 Å². The number of imidazole rings is 1.